The minimum atomic E-state index is -0.375. The minimum absolute atomic E-state index is 0.174. The van der Waals surface area contributed by atoms with E-state index in [9.17, 15) is 9.18 Å². The SMILES string of the molecule is O=C(c1ccc(F)cc1)N1CCn2c(nnc2-c2noc(-c3ccccc3)n2)C1. The second kappa shape index (κ2) is 6.93. The lowest BCUT2D eigenvalue weighted by molar-refractivity contribution is 0.0708. The molecule has 1 aliphatic rings. The van der Waals surface area contributed by atoms with Gasteiger partial charge in [0.1, 0.15) is 5.82 Å². The van der Waals surface area contributed by atoms with E-state index in [0.717, 1.165) is 5.56 Å². The molecule has 9 heteroatoms. The van der Waals surface area contributed by atoms with E-state index in [0.29, 0.717) is 48.6 Å². The zero-order valence-electron chi connectivity index (χ0n) is 15.2. The highest BCUT2D eigenvalue weighted by Gasteiger charge is 2.27. The van der Waals surface area contributed by atoms with Gasteiger partial charge in [0.2, 0.25) is 11.6 Å². The number of fused-ring (bicyclic) bond motifs is 1. The number of rotatable bonds is 3. The third-order valence-corrected chi connectivity index (χ3v) is 4.78. The Morgan fingerprint density at radius 1 is 1.00 bits per heavy atom. The summed E-state index contributed by atoms with van der Waals surface area (Å²) >= 11 is 0. The fraction of sp³-hybridized carbons (Fsp3) is 0.150. The first kappa shape index (κ1) is 17.2. The molecule has 0 radical (unpaired) electrons. The van der Waals surface area contributed by atoms with Gasteiger partial charge in [0, 0.05) is 24.2 Å². The highest BCUT2D eigenvalue weighted by atomic mass is 19.1. The first-order valence-corrected chi connectivity index (χ1v) is 9.05. The maximum Gasteiger partial charge on any atom is 0.258 e. The summed E-state index contributed by atoms with van der Waals surface area (Å²) in [6.07, 6.45) is 0. The van der Waals surface area contributed by atoms with Crippen LogP contribution in [0.3, 0.4) is 0 Å². The minimum Gasteiger partial charge on any atom is -0.334 e. The second-order valence-corrected chi connectivity index (χ2v) is 6.61. The predicted molar refractivity (Wildman–Crippen MR) is 99.9 cm³/mol. The topological polar surface area (TPSA) is 89.9 Å². The van der Waals surface area contributed by atoms with E-state index in [-0.39, 0.29) is 11.7 Å². The average molecular weight is 390 g/mol. The van der Waals surface area contributed by atoms with E-state index in [1.54, 1.807) is 4.90 Å². The van der Waals surface area contributed by atoms with Gasteiger partial charge in [0.25, 0.3) is 11.8 Å². The number of carbonyl (C=O) groups excluding carboxylic acids is 1. The van der Waals surface area contributed by atoms with Crippen LogP contribution in [0.2, 0.25) is 0 Å². The van der Waals surface area contributed by atoms with Gasteiger partial charge in [-0.3, -0.25) is 4.79 Å². The summed E-state index contributed by atoms with van der Waals surface area (Å²) in [5, 5.41) is 12.4. The third kappa shape index (κ3) is 3.16. The van der Waals surface area contributed by atoms with Gasteiger partial charge in [-0.1, -0.05) is 23.4 Å². The lowest BCUT2D eigenvalue weighted by atomic mass is 10.2. The molecule has 3 heterocycles. The van der Waals surface area contributed by atoms with E-state index >= 15 is 0 Å². The zero-order valence-corrected chi connectivity index (χ0v) is 15.2. The predicted octanol–water partition coefficient (Wildman–Crippen LogP) is 2.79. The molecule has 4 aromatic rings. The Bertz CT molecular complexity index is 1170. The molecule has 0 spiro atoms. The van der Waals surface area contributed by atoms with Gasteiger partial charge in [-0.05, 0) is 36.4 Å². The van der Waals surface area contributed by atoms with Crippen LogP contribution < -0.4 is 0 Å². The fourth-order valence-corrected chi connectivity index (χ4v) is 3.28. The first-order valence-electron chi connectivity index (χ1n) is 9.05. The molecular weight excluding hydrogens is 375 g/mol. The maximum absolute atomic E-state index is 13.1. The standard InChI is InChI=1S/C20H15FN6O2/c21-15-8-6-14(7-9-15)20(28)26-10-11-27-16(12-26)23-24-18(27)17-22-19(29-25-17)13-4-2-1-3-5-13/h1-9H,10-12H2. The van der Waals surface area contributed by atoms with E-state index in [4.69, 9.17) is 4.52 Å². The Balaban J connectivity index is 1.38. The number of hydrogen-bond donors (Lipinski definition) is 0. The molecule has 5 rings (SSSR count). The van der Waals surface area contributed by atoms with Crippen LogP contribution in [0.1, 0.15) is 16.2 Å². The number of aromatic nitrogens is 5. The van der Waals surface area contributed by atoms with Crippen LogP contribution in [0.15, 0.2) is 59.1 Å². The largest absolute Gasteiger partial charge is 0.334 e. The number of halogens is 1. The Morgan fingerprint density at radius 3 is 2.59 bits per heavy atom. The third-order valence-electron chi connectivity index (χ3n) is 4.78. The molecule has 2 aromatic heterocycles. The Kier molecular flexibility index (Phi) is 4.12. The summed E-state index contributed by atoms with van der Waals surface area (Å²) in [5.41, 5.74) is 1.26. The molecule has 29 heavy (non-hydrogen) atoms. The van der Waals surface area contributed by atoms with Crippen LogP contribution in [0.5, 0.6) is 0 Å². The lowest BCUT2D eigenvalue weighted by Crippen LogP contribution is -2.38. The van der Waals surface area contributed by atoms with Gasteiger partial charge in [-0.2, -0.15) is 4.98 Å². The Morgan fingerprint density at radius 2 is 1.79 bits per heavy atom. The average Bonchev–Trinajstić information content (AvgIpc) is 3.41. The van der Waals surface area contributed by atoms with Crippen molar-refractivity contribution in [3.05, 3.63) is 71.8 Å². The number of carbonyl (C=O) groups is 1. The first-order chi connectivity index (χ1) is 14.2. The summed E-state index contributed by atoms with van der Waals surface area (Å²) in [4.78, 5) is 18.7. The summed E-state index contributed by atoms with van der Waals surface area (Å²) in [5.74, 6) is 1.33. The van der Waals surface area contributed by atoms with E-state index in [1.807, 2.05) is 34.9 Å². The Labute approximate surface area is 164 Å². The van der Waals surface area contributed by atoms with Crippen molar-refractivity contribution in [3.8, 4) is 23.1 Å². The van der Waals surface area contributed by atoms with Crippen molar-refractivity contribution in [3.63, 3.8) is 0 Å². The molecule has 1 amide bonds. The van der Waals surface area contributed by atoms with Crippen molar-refractivity contribution >= 4 is 5.91 Å². The van der Waals surface area contributed by atoms with Crippen LogP contribution in [0.25, 0.3) is 23.1 Å². The summed E-state index contributed by atoms with van der Waals surface area (Å²) in [7, 11) is 0. The van der Waals surface area contributed by atoms with Crippen LogP contribution >= 0.6 is 0 Å². The van der Waals surface area contributed by atoms with Gasteiger partial charge in [0.15, 0.2) is 5.82 Å². The van der Waals surface area contributed by atoms with Crippen LogP contribution in [0, 0.1) is 5.82 Å². The highest BCUT2D eigenvalue weighted by Crippen LogP contribution is 2.24. The Hall–Kier alpha value is -3.88. The quantitative estimate of drug-likeness (QED) is 0.534. The number of nitrogens with zero attached hydrogens (tertiary/aromatic N) is 6. The molecule has 2 aromatic carbocycles. The molecule has 8 nitrogen and oxygen atoms in total. The molecule has 0 saturated carbocycles. The molecule has 0 fully saturated rings. The second-order valence-electron chi connectivity index (χ2n) is 6.61. The number of amides is 1. The van der Waals surface area contributed by atoms with Gasteiger partial charge in [-0.25, -0.2) is 4.39 Å². The fourth-order valence-electron chi connectivity index (χ4n) is 3.28. The summed E-state index contributed by atoms with van der Waals surface area (Å²) in [6, 6.07) is 15.0. The van der Waals surface area contributed by atoms with E-state index in [2.05, 4.69) is 20.3 Å². The molecule has 144 valence electrons. The monoisotopic (exact) mass is 390 g/mol. The highest BCUT2D eigenvalue weighted by molar-refractivity contribution is 5.94. The van der Waals surface area contributed by atoms with Crippen molar-refractivity contribution in [2.24, 2.45) is 0 Å². The van der Waals surface area contributed by atoms with Crippen LogP contribution in [-0.2, 0) is 13.1 Å². The van der Waals surface area contributed by atoms with Gasteiger partial charge < -0.3 is 14.0 Å². The van der Waals surface area contributed by atoms with Crippen molar-refractivity contribution < 1.29 is 13.7 Å². The van der Waals surface area contributed by atoms with Crippen molar-refractivity contribution in [1.82, 2.24) is 29.8 Å². The molecular formula is C20H15FN6O2. The van der Waals surface area contributed by atoms with Crippen LogP contribution in [-0.4, -0.2) is 42.3 Å². The van der Waals surface area contributed by atoms with E-state index < -0.39 is 0 Å². The number of benzene rings is 2. The molecule has 1 aliphatic heterocycles. The zero-order chi connectivity index (χ0) is 19.8. The van der Waals surface area contributed by atoms with Gasteiger partial charge in [-0.15, -0.1) is 10.2 Å². The number of hydrogen-bond acceptors (Lipinski definition) is 6. The lowest BCUT2D eigenvalue weighted by Gasteiger charge is -2.27. The van der Waals surface area contributed by atoms with Crippen molar-refractivity contribution in [1.29, 1.82) is 0 Å². The summed E-state index contributed by atoms with van der Waals surface area (Å²) in [6.45, 7) is 1.27. The molecule has 0 N–H and O–H groups in total. The van der Waals surface area contributed by atoms with E-state index in [1.165, 1.54) is 24.3 Å². The maximum atomic E-state index is 13.1. The van der Waals surface area contributed by atoms with Gasteiger partial charge >= 0.3 is 0 Å². The van der Waals surface area contributed by atoms with Crippen molar-refractivity contribution in [2.75, 3.05) is 6.54 Å². The normalized spacial score (nSPS) is 13.3. The van der Waals surface area contributed by atoms with Gasteiger partial charge in [0.05, 0.1) is 6.54 Å². The van der Waals surface area contributed by atoms with Crippen LogP contribution in [0.4, 0.5) is 4.39 Å². The molecule has 0 bridgehead atoms. The molecule has 0 aliphatic carbocycles. The van der Waals surface area contributed by atoms with Crippen molar-refractivity contribution in [2.45, 2.75) is 13.1 Å². The molecule has 0 saturated heterocycles. The smallest absolute Gasteiger partial charge is 0.258 e. The molecule has 0 unspecified atom stereocenters. The molecule has 0 atom stereocenters. The summed E-state index contributed by atoms with van der Waals surface area (Å²) < 4.78 is 20.3.